The summed E-state index contributed by atoms with van der Waals surface area (Å²) in [6.45, 7) is 3.30. The highest BCUT2D eigenvalue weighted by molar-refractivity contribution is 7.08. The van der Waals surface area contributed by atoms with Gasteiger partial charge in [0.2, 0.25) is 0 Å². The Morgan fingerprint density at radius 2 is 2.36 bits per heavy atom. The smallest absolute Gasteiger partial charge is 0.0219 e. The van der Waals surface area contributed by atoms with Crippen molar-refractivity contribution >= 4 is 11.3 Å². The summed E-state index contributed by atoms with van der Waals surface area (Å²) in [5.41, 5.74) is 2.95. The highest BCUT2D eigenvalue weighted by Crippen LogP contribution is 2.51. The highest BCUT2D eigenvalue weighted by Gasteiger charge is 2.47. The summed E-state index contributed by atoms with van der Waals surface area (Å²) in [4.78, 5) is 0. The van der Waals surface area contributed by atoms with Crippen molar-refractivity contribution in [3.8, 4) is 0 Å². The second-order valence-corrected chi connectivity index (χ2v) is 5.55. The number of nitrogens with one attached hydrogen (secondary N) is 1. The van der Waals surface area contributed by atoms with Crippen LogP contribution in [0.25, 0.3) is 0 Å². The van der Waals surface area contributed by atoms with E-state index in [2.05, 4.69) is 23.0 Å². The monoisotopic (exact) mass is 207 g/mol. The van der Waals surface area contributed by atoms with Gasteiger partial charge in [0.15, 0.2) is 0 Å². The summed E-state index contributed by atoms with van der Waals surface area (Å²) in [5.74, 6) is 2.13. The van der Waals surface area contributed by atoms with Crippen molar-refractivity contribution in [1.82, 2.24) is 5.32 Å². The van der Waals surface area contributed by atoms with E-state index >= 15 is 0 Å². The van der Waals surface area contributed by atoms with Gasteiger partial charge >= 0.3 is 0 Å². The summed E-state index contributed by atoms with van der Waals surface area (Å²) < 4.78 is 0. The molecule has 1 N–H and O–H groups in total. The molecule has 0 amide bonds. The fourth-order valence-corrected chi connectivity index (χ4v) is 3.62. The highest BCUT2D eigenvalue weighted by atomic mass is 32.1. The first kappa shape index (κ1) is 8.93. The minimum absolute atomic E-state index is 0.833. The molecular weight excluding hydrogens is 190 g/mol. The van der Waals surface area contributed by atoms with Gasteiger partial charge in [-0.3, -0.25) is 0 Å². The molecule has 0 saturated heterocycles. The van der Waals surface area contributed by atoms with E-state index in [1.807, 2.05) is 11.3 Å². The van der Waals surface area contributed by atoms with Crippen LogP contribution in [0.1, 0.15) is 30.4 Å². The molecule has 1 unspecified atom stereocenters. The lowest BCUT2D eigenvalue weighted by atomic mass is 10.1. The largest absolute Gasteiger partial charge is 0.310 e. The number of hydrogen-bond acceptors (Lipinski definition) is 2. The number of hydrogen-bond donors (Lipinski definition) is 1. The minimum atomic E-state index is 0.833. The number of aryl methyl sites for hydroxylation is 1. The fraction of sp³-hybridized carbons (Fsp3) is 0.667. The molecule has 1 nitrogen and oxygen atoms in total. The van der Waals surface area contributed by atoms with Crippen LogP contribution in [0.2, 0.25) is 0 Å². The Labute approximate surface area is 89.5 Å². The van der Waals surface area contributed by atoms with Crippen molar-refractivity contribution in [1.29, 1.82) is 0 Å². The van der Waals surface area contributed by atoms with Crippen LogP contribution < -0.4 is 5.32 Å². The topological polar surface area (TPSA) is 12.0 Å². The molecule has 2 heteroatoms. The summed E-state index contributed by atoms with van der Waals surface area (Å²) in [5, 5.41) is 8.24. The molecule has 0 spiro atoms. The molecule has 0 radical (unpaired) electrons. The predicted molar refractivity (Wildman–Crippen MR) is 60.5 cm³/mol. The van der Waals surface area contributed by atoms with E-state index in [-0.39, 0.29) is 0 Å². The summed E-state index contributed by atoms with van der Waals surface area (Å²) >= 11 is 1.82. The molecule has 2 aliphatic rings. The van der Waals surface area contributed by atoms with Crippen molar-refractivity contribution < 1.29 is 0 Å². The van der Waals surface area contributed by atoms with Gasteiger partial charge in [0.25, 0.3) is 0 Å². The van der Waals surface area contributed by atoms with E-state index in [1.165, 1.54) is 30.4 Å². The first-order chi connectivity index (χ1) is 6.84. The average molecular weight is 207 g/mol. The van der Waals surface area contributed by atoms with Crippen molar-refractivity contribution in [3.05, 3.63) is 21.9 Å². The molecule has 1 heterocycles. The average Bonchev–Trinajstić information content (AvgIpc) is 2.68. The maximum atomic E-state index is 3.72. The van der Waals surface area contributed by atoms with Gasteiger partial charge < -0.3 is 5.32 Å². The van der Waals surface area contributed by atoms with Crippen LogP contribution in [0, 0.1) is 18.8 Å². The fourth-order valence-electron chi connectivity index (χ4n) is 2.77. The molecule has 2 aliphatic carbocycles. The number of rotatable bonds is 3. The zero-order chi connectivity index (χ0) is 9.54. The van der Waals surface area contributed by atoms with Crippen molar-refractivity contribution in [2.24, 2.45) is 11.8 Å². The first-order valence-electron chi connectivity index (χ1n) is 5.59. The van der Waals surface area contributed by atoms with Crippen LogP contribution >= 0.6 is 11.3 Å². The molecule has 1 aromatic heterocycles. The molecule has 0 aliphatic heterocycles. The van der Waals surface area contributed by atoms with E-state index in [1.54, 1.807) is 0 Å². The van der Waals surface area contributed by atoms with Crippen molar-refractivity contribution in [3.63, 3.8) is 0 Å². The van der Waals surface area contributed by atoms with Crippen LogP contribution in [0.3, 0.4) is 0 Å². The summed E-state index contributed by atoms with van der Waals surface area (Å²) in [6.07, 6.45) is 4.39. The lowest BCUT2D eigenvalue weighted by Crippen LogP contribution is -2.28. The number of fused-ring (bicyclic) bond motifs is 1. The lowest BCUT2D eigenvalue weighted by Gasteiger charge is -2.13. The van der Waals surface area contributed by atoms with Gasteiger partial charge in [-0.15, -0.1) is 0 Å². The van der Waals surface area contributed by atoms with E-state index < -0.39 is 0 Å². The third kappa shape index (κ3) is 1.51. The van der Waals surface area contributed by atoms with E-state index in [9.17, 15) is 0 Å². The lowest BCUT2D eigenvalue weighted by molar-refractivity contribution is 0.474. The van der Waals surface area contributed by atoms with Gasteiger partial charge in [-0.2, -0.15) is 11.3 Å². The third-order valence-electron chi connectivity index (χ3n) is 3.86. The summed E-state index contributed by atoms with van der Waals surface area (Å²) in [6, 6.07) is 0.833. The Morgan fingerprint density at radius 1 is 1.43 bits per heavy atom. The standard InChI is InChI=1S/C12H17NS/c1-8-6-14-7-10(8)5-13-12-3-2-9-4-11(9)12/h6-7,9,11-13H,2-5H2,1H3/t9-,11+,12?/m1/s1. The van der Waals surface area contributed by atoms with Crippen LogP contribution in [0.5, 0.6) is 0 Å². The molecule has 1 aromatic rings. The third-order valence-corrected chi connectivity index (χ3v) is 4.77. The Morgan fingerprint density at radius 3 is 2.93 bits per heavy atom. The van der Waals surface area contributed by atoms with E-state index in [0.717, 1.165) is 24.4 Å². The van der Waals surface area contributed by atoms with Crippen LogP contribution in [0.4, 0.5) is 0 Å². The van der Waals surface area contributed by atoms with Crippen LogP contribution in [-0.2, 0) is 6.54 Å². The second kappa shape index (κ2) is 3.35. The molecule has 2 saturated carbocycles. The van der Waals surface area contributed by atoms with Crippen LogP contribution in [-0.4, -0.2) is 6.04 Å². The Kier molecular flexibility index (Phi) is 2.14. The molecule has 14 heavy (non-hydrogen) atoms. The van der Waals surface area contributed by atoms with Gasteiger partial charge in [0, 0.05) is 12.6 Å². The normalized spacial score (nSPS) is 34.5. The van der Waals surface area contributed by atoms with Crippen molar-refractivity contribution in [2.75, 3.05) is 0 Å². The molecule has 3 rings (SSSR count). The first-order valence-corrected chi connectivity index (χ1v) is 6.54. The molecule has 2 fully saturated rings. The predicted octanol–water partition coefficient (Wildman–Crippen LogP) is 2.94. The maximum Gasteiger partial charge on any atom is 0.0219 e. The second-order valence-electron chi connectivity index (χ2n) is 4.80. The van der Waals surface area contributed by atoms with Gasteiger partial charge in [-0.1, -0.05) is 0 Å². The van der Waals surface area contributed by atoms with E-state index in [0.29, 0.717) is 0 Å². The van der Waals surface area contributed by atoms with Crippen molar-refractivity contribution in [2.45, 2.75) is 38.8 Å². The van der Waals surface area contributed by atoms with Gasteiger partial charge in [-0.05, 0) is 59.9 Å². The SMILES string of the molecule is Cc1cscc1CNC1CC[C@@H]2C[C@H]12. The van der Waals surface area contributed by atoms with E-state index in [4.69, 9.17) is 0 Å². The molecule has 3 atom stereocenters. The van der Waals surface area contributed by atoms with Crippen LogP contribution in [0.15, 0.2) is 10.8 Å². The molecular formula is C12H17NS. The molecule has 0 aromatic carbocycles. The van der Waals surface area contributed by atoms with Gasteiger partial charge in [-0.25, -0.2) is 0 Å². The Balaban J connectivity index is 1.56. The maximum absolute atomic E-state index is 3.72. The summed E-state index contributed by atoms with van der Waals surface area (Å²) in [7, 11) is 0. The molecule has 0 bridgehead atoms. The molecule has 76 valence electrons. The Hall–Kier alpha value is -0.340. The van der Waals surface area contributed by atoms with Gasteiger partial charge in [0.1, 0.15) is 0 Å². The zero-order valence-electron chi connectivity index (χ0n) is 8.62. The Bertz CT molecular complexity index is 331. The zero-order valence-corrected chi connectivity index (χ0v) is 9.44. The minimum Gasteiger partial charge on any atom is -0.310 e. The number of thiophene rings is 1. The van der Waals surface area contributed by atoms with Gasteiger partial charge in [0.05, 0.1) is 0 Å². The quantitative estimate of drug-likeness (QED) is 0.803.